The lowest BCUT2D eigenvalue weighted by atomic mass is 10.2. The van der Waals surface area contributed by atoms with E-state index in [9.17, 15) is 14.4 Å². The van der Waals surface area contributed by atoms with Gasteiger partial charge in [0.2, 0.25) is 5.91 Å². The number of nitrogens with one attached hydrogen (secondary N) is 1. The van der Waals surface area contributed by atoms with E-state index in [1.54, 1.807) is 23.1 Å². The van der Waals surface area contributed by atoms with Gasteiger partial charge in [0.15, 0.2) is 0 Å². The predicted molar refractivity (Wildman–Crippen MR) is 99.0 cm³/mol. The van der Waals surface area contributed by atoms with Crippen LogP contribution < -0.4 is 10.2 Å². The number of β-amino-alcohol motifs (C(OH)–C–C–N with tert-alkyl or cyclic N) is 1. The van der Waals surface area contributed by atoms with Crippen LogP contribution in [-0.2, 0) is 19.1 Å². The summed E-state index contributed by atoms with van der Waals surface area (Å²) in [5.41, 5.74) is 1.68. The number of nitrogens with zero attached hydrogens (tertiary/aromatic N) is 2. The average Bonchev–Trinajstić information content (AvgIpc) is 3.15. The Labute approximate surface area is 157 Å². The van der Waals surface area contributed by atoms with Gasteiger partial charge >= 0.3 is 5.97 Å². The van der Waals surface area contributed by atoms with Gasteiger partial charge < -0.3 is 25.0 Å². The highest BCUT2D eigenvalue weighted by Gasteiger charge is 2.34. The highest BCUT2D eigenvalue weighted by atomic mass is 16.5. The molecule has 8 heteroatoms. The summed E-state index contributed by atoms with van der Waals surface area (Å²) < 4.78 is 4.78. The molecule has 1 saturated heterocycles. The lowest BCUT2D eigenvalue weighted by molar-refractivity contribution is -0.136. The third-order valence-electron chi connectivity index (χ3n) is 4.83. The summed E-state index contributed by atoms with van der Waals surface area (Å²) in [4.78, 5) is 39.9. The number of rotatable bonds is 6. The Kier molecular flexibility index (Phi) is 5.46. The first-order valence-corrected chi connectivity index (χ1v) is 8.87. The molecule has 1 unspecified atom stereocenters. The predicted octanol–water partition coefficient (Wildman–Crippen LogP) is 0.875. The molecule has 2 aliphatic rings. The Morgan fingerprint density at radius 3 is 2.78 bits per heavy atom. The van der Waals surface area contributed by atoms with Crippen LogP contribution in [0.25, 0.3) is 0 Å². The second kappa shape index (κ2) is 7.79. The Hall–Kier alpha value is -2.87. The number of esters is 1. The lowest BCUT2D eigenvalue weighted by Crippen LogP contribution is -2.31. The second-order valence-electron chi connectivity index (χ2n) is 6.62. The molecule has 1 aromatic rings. The second-order valence-corrected chi connectivity index (χ2v) is 6.62. The van der Waals surface area contributed by atoms with Crippen molar-refractivity contribution in [1.29, 1.82) is 0 Å². The first-order valence-electron chi connectivity index (χ1n) is 8.87. The summed E-state index contributed by atoms with van der Waals surface area (Å²) >= 11 is 0. The van der Waals surface area contributed by atoms with Crippen LogP contribution in [0.15, 0.2) is 35.5 Å². The Balaban J connectivity index is 1.88. The van der Waals surface area contributed by atoms with Crippen LogP contribution in [0.3, 0.4) is 0 Å². The number of aliphatic hydroxyl groups is 1. The van der Waals surface area contributed by atoms with Crippen LogP contribution >= 0.6 is 0 Å². The third-order valence-corrected chi connectivity index (χ3v) is 4.83. The molecule has 3 rings (SSSR count). The fraction of sp³-hybridized carbons (Fsp3) is 0.421. The first-order chi connectivity index (χ1) is 13.0. The molecule has 0 aromatic heterocycles. The molecule has 2 heterocycles. The van der Waals surface area contributed by atoms with Crippen molar-refractivity contribution >= 4 is 29.2 Å². The molecule has 0 spiro atoms. The van der Waals surface area contributed by atoms with Gasteiger partial charge in [0.25, 0.3) is 5.91 Å². The number of carbonyl (C=O) groups excluding carboxylic acids is 3. The van der Waals surface area contributed by atoms with Crippen LogP contribution in [-0.4, -0.2) is 60.6 Å². The molecule has 2 N–H and O–H groups in total. The zero-order valence-corrected chi connectivity index (χ0v) is 15.4. The van der Waals surface area contributed by atoms with Gasteiger partial charge in [-0.15, -0.1) is 0 Å². The molecule has 0 saturated carbocycles. The van der Waals surface area contributed by atoms with E-state index in [0.717, 1.165) is 12.1 Å². The third kappa shape index (κ3) is 3.66. The number of anilines is 2. The average molecular weight is 373 g/mol. The van der Waals surface area contributed by atoms with Gasteiger partial charge in [-0.2, -0.15) is 0 Å². The van der Waals surface area contributed by atoms with E-state index < -0.39 is 5.97 Å². The molecular formula is C19H23N3O5. The molecule has 8 nitrogen and oxygen atoms in total. The van der Waals surface area contributed by atoms with Crippen molar-refractivity contribution in [2.24, 2.45) is 0 Å². The zero-order valence-electron chi connectivity index (χ0n) is 15.4. The Morgan fingerprint density at radius 1 is 1.37 bits per heavy atom. The van der Waals surface area contributed by atoms with Crippen LogP contribution in [0.1, 0.15) is 19.8 Å². The van der Waals surface area contributed by atoms with Gasteiger partial charge in [-0.05, 0) is 31.5 Å². The van der Waals surface area contributed by atoms with Gasteiger partial charge in [0.1, 0.15) is 5.70 Å². The maximum Gasteiger partial charge on any atom is 0.337 e. The minimum Gasteiger partial charge on any atom is -0.466 e. The summed E-state index contributed by atoms with van der Waals surface area (Å²) in [5.74, 6) is -0.897. The van der Waals surface area contributed by atoms with Crippen molar-refractivity contribution in [3.05, 3.63) is 35.5 Å². The van der Waals surface area contributed by atoms with E-state index in [1.165, 1.54) is 12.0 Å². The van der Waals surface area contributed by atoms with Gasteiger partial charge in [-0.25, -0.2) is 4.79 Å². The van der Waals surface area contributed by atoms with Gasteiger partial charge in [0, 0.05) is 30.4 Å². The highest BCUT2D eigenvalue weighted by Crippen LogP contribution is 2.30. The molecule has 144 valence electrons. The van der Waals surface area contributed by atoms with Crippen molar-refractivity contribution < 1.29 is 24.2 Å². The molecule has 1 fully saturated rings. The molecule has 27 heavy (non-hydrogen) atoms. The topological polar surface area (TPSA) is 99.2 Å². The number of aliphatic hydroxyl groups excluding tert-OH is 1. The number of hydrogen-bond acceptors (Lipinski definition) is 6. The van der Waals surface area contributed by atoms with E-state index in [2.05, 4.69) is 5.32 Å². The van der Waals surface area contributed by atoms with E-state index in [1.807, 2.05) is 13.0 Å². The number of methoxy groups -OCH3 is 1. The number of ether oxygens (including phenoxy) is 1. The van der Waals surface area contributed by atoms with E-state index >= 15 is 0 Å². The number of benzene rings is 1. The maximum atomic E-state index is 12.6. The fourth-order valence-corrected chi connectivity index (χ4v) is 3.45. The fourth-order valence-electron chi connectivity index (χ4n) is 3.45. The van der Waals surface area contributed by atoms with Crippen molar-refractivity contribution in [3.8, 4) is 0 Å². The smallest absolute Gasteiger partial charge is 0.337 e. The molecule has 1 atom stereocenters. The van der Waals surface area contributed by atoms with E-state index in [-0.39, 0.29) is 48.8 Å². The SMILES string of the molecule is COC(=O)C1=C(Nc2cccc(N3C(=O)CCC3C)c2)C(=O)N(CCO)C1. The minimum absolute atomic E-state index is 0.0696. The Morgan fingerprint density at radius 2 is 2.15 bits per heavy atom. The van der Waals surface area contributed by atoms with Crippen molar-refractivity contribution in [2.45, 2.75) is 25.8 Å². The van der Waals surface area contributed by atoms with Crippen LogP contribution in [0.5, 0.6) is 0 Å². The standard InChI is InChI=1S/C19H23N3O5/c1-12-6-7-16(24)22(12)14-5-3-4-13(10-14)20-17-15(19(26)27-2)11-21(8-9-23)18(17)25/h3-5,10,12,20,23H,6-9,11H2,1-2H3. The molecule has 2 amide bonds. The molecule has 1 aromatic carbocycles. The van der Waals surface area contributed by atoms with Crippen LogP contribution in [0.2, 0.25) is 0 Å². The van der Waals surface area contributed by atoms with E-state index in [0.29, 0.717) is 12.1 Å². The number of carbonyl (C=O) groups is 3. The van der Waals surface area contributed by atoms with Crippen LogP contribution in [0.4, 0.5) is 11.4 Å². The van der Waals surface area contributed by atoms with Crippen LogP contribution in [0, 0.1) is 0 Å². The minimum atomic E-state index is -0.592. The molecular weight excluding hydrogens is 350 g/mol. The monoisotopic (exact) mass is 373 g/mol. The lowest BCUT2D eigenvalue weighted by Gasteiger charge is -2.22. The first kappa shape index (κ1) is 18.9. The highest BCUT2D eigenvalue weighted by molar-refractivity contribution is 6.08. The quantitative estimate of drug-likeness (QED) is 0.718. The maximum absolute atomic E-state index is 12.6. The normalized spacial score (nSPS) is 19.9. The van der Waals surface area contributed by atoms with Crippen molar-refractivity contribution in [1.82, 2.24) is 4.90 Å². The van der Waals surface area contributed by atoms with E-state index in [4.69, 9.17) is 9.84 Å². The molecule has 0 aliphatic carbocycles. The number of hydrogen-bond donors (Lipinski definition) is 2. The van der Waals surface area contributed by atoms with Gasteiger partial charge in [-0.3, -0.25) is 9.59 Å². The summed E-state index contributed by atoms with van der Waals surface area (Å²) in [7, 11) is 1.26. The summed E-state index contributed by atoms with van der Waals surface area (Å²) in [6.45, 7) is 2.01. The van der Waals surface area contributed by atoms with Crippen molar-refractivity contribution in [2.75, 3.05) is 37.0 Å². The summed E-state index contributed by atoms with van der Waals surface area (Å²) in [5, 5.41) is 12.1. The molecule has 0 radical (unpaired) electrons. The molecule has 0 bridgehead atoms. The largest absolute Gasteiger partial charge is 0.466 e. The summed E-state index contributed by atoms with van der Waals surface area (Å²) in [6.07, 6.45) is 1.33. The van der Waals surface area contributed by atoms with Crippen molar-refractivity contribution in [3.63, 3.8) is 0 Å². The van der Waals surface area contributed by atoms with Gasteiger partial charge in [-0.1, -0.05) is 6.07 Å². The molecule has 2 aliphatic heterocycles. The number of amides is 2. The Bertz CT molecular complexity index is 804. The zero-order chi connectivity index (χ0) is 19.6. The van der Waals surface area contributed by atoms with Gasteiger partial charge in [0.05, 0.1) is 25.8 Å². The summed E-state index contributed by atoms with van der Waals surface area (Å²) in [6, 6.07) is 7.29.